The van der Waals surface area contributed by atoms with Gasteiger partial charge in [-0.25, -0.2) is 8.42 Å². The summed E-state index contributed by atoms with van der Waals surface area (Å²) in [7, 11) is -1.94. The molecule has 0 unspecified atom stereocenters. The molecule has 26 heavy (non-hydrogen) atoms. The van der Waals surface area contributed by atoms with E-state index >= 15 is 0 Å². The lowest BCUT2D eigenvalue weighted by Gasteiger charge is -2.34. The van der Waals surface area contributed by atoms with Crippen molar-refractivity contribution in [3.63, 3.8) is 0 Å². The lowest BCUT2D eigenvalue weighted by atomic mass is 10.1. The number of aromatic hydroxyl groups is 1. The number of phenols is 1. The van der Waals surface area contributed by atoms with Gasteiger partial charge in [0.15, 0.2) is 11.5 Å². The van der Waals surface area contributed by atoms with E-state index in [0.29, 0.717) is 43.4 Å². The van der Waals surface area contributed by atoms with E-state index in [1.807, 2.05) is 31.2 Å². The third kappa shape index (κ3) is 3.85. The number of hydrogen-bond donors (Lipinski definition) is 1. The van der Waals surface area contributed by atoms with E-state index in [9.17, 15) is 13.5 Å². The van der Waals surface area contributed by atoms with Crippen molar-refractivity contribution in [3.05, 3.63) is 53.6 Å². The Hall–Kier alpha value is -2.09. The Morgan fingerprint density at radius 1 is 1.04 bits per heavy atom. The number of piperazine rings is 1. The maximum atomic E-state index is 12.8. The predicted octanol–water partition coefficient (Wildman–Crippen LogP) is 2.22. The van der Waals surface area contributed by atoms with Crippen LogP contribution in [0.5, 0.6) is 11.5 Å². The fourth-order valence-corrected chi connectivity index (χ4v) is 4.51. The van der Waals surface area contributed by atoms with Crippen LogP contribution in [0.15, 0.2) is 47.4 Å². The molecule has 0 atom stereocenters. The van der Waals surface area contributed by atoms with Crippen LogP contribution in [-0.2, 0) is 16.6 Å². The topological polar surface area (TPSA) is 70.1 Å². The molecule has 1 saturated heterocycles. The first-order valence-electron chi connectivity index (χ1n) is 8.56. The molecule has 2 aromatic carbocycles. The second-order valence-electron chi connectivity index (χ2n) is 6.46. The van der Waals surface area contributed by atoms with Crippen molar-refractivity contribution in [1.29, 1.82) is 0 Å². The molecule has 0 radical (unpaired) electrons. The Morgan fingerprint density at radius 3 is 2.31 bits per heavy atom. The van der Waals surface area contributed by atoms with E-state index in [1.54, 1.807) is 18.2 Å². The van der Waals surface area contributed by atoms with Crippen LogP contribution in [0.3, 0.4) is 0 Å². The molecule has 2 aromatic rings. The first-order valence-corrected chi connectivity index (χ1v) is 10.00. The Labute approximate surface area is 154 Å². The normalized spacial score (nSPS) is 16.5. The highest BCUT2D eigenvalue weighted by Crippen LogP contribution is 2.30. The quantitative estimate of drug-likeness (QED) is 0.866. The van der Waals surface area contributed by atoms with Gasteiger partial charge in [-0.1, -0.05) is 29.8 Å². The average molecular weight is 376 g/mol. The minimum Gasteiger partial charge on any atom is -0.504 e. The van der Waals surface area contributed by atoms with Gasteiger partial charge in [0.05, 0.1) is 12.0 Å². The van der Waals surface area contributed by atoms with Gasteiger partial charge in [0.25, 0.3) is 0 Å². The van der Waals surface area contributed by atoms with E-state index in [4.69, 9.17) is 4.74 Å². The van der Waals surface area contributed by atoms with Crippen LogP contribution in [0.2, 0.25) is 0 Å². The maximum Gasteiger partial charge on any atom is 0.243 e. The van der Waals surface area contributed by atoms with E-state index in [1.165, 1.54) is 11.4 Å². The van der Waals surface area contributed by atoms with E-state index in [2.05, 4.69) is 4.90 Å². The predicted molar refractivity (Wildman–Crippen MR) is 99.9 cm³/mol. The second kappa shape index (κ2) is 7.65. The van der Waals surface area contributed by atoms with Gasteiger partial charge in [0.1, 0.15) is 0 Å². The van der Waals surface area contributed by atoms with Crippen LogP contribution < -0.4 is 4.74 Å². The van der Waals surface area contributed by atoms with Crippen LogP contribution in [0.25, 0.3) is 0 Å². The molecule has 7 heteroatoms. The van der Waals surface area contributed by atoms with Crippen molar-refractivity contribution in [2.45, 2.75) is 18.4 Å². The molecule has 0 aliphatic carbocycles. The number of nitrogens with zero attached hydrogens (tertiary/aromatic N) is 2. The molecule has 3 rings (SSSR count). The summed E-state index contributed by atoms with van der Waals surface area (Å²) >= 11 is 0. The second-order valence-corrected chi connectivity index (χ2v) is 8.40. The van der Waals surface area contributed by atoms with Crippen molar-refractivity contribution in [1.82, 2.24) is 9.21 Å². The molecule has 0 spiro atoms. The fraction of sp³-hybridized carbons (Fsp3) is 0.368. The highest BCUT2D eigenvalue weighted by Gasteiger charge is 2.28. The minimum absolute atomic E-state index is 0.143. The van der Waals surface area contributed by atoms with Crippen LogP contribution in [-0.4, -0.2) is 56.0 Å². The molecule has 6 nitrogen and oxygen atoms in total. The largest absolute Gasteiger partial charge is 0.504 e. The summed E-state index contributed by atoms with van der Waals surface area (Å²) in [4.78, 5) is 2.47. The molecule has 1 N–H and O–H groups in total. The average Bonchev–Trinajstić information content (AvgIpc) is 2.64. The van der Waals surface area contributed by atoms with Gasteiger partial charge < -0.3 is 9.84 Å². The molecule has 1 fully saturated rings. The Bertz CT molecular complexity index is 858. The van der Waals surface area contributed by atoms with Crippen molar-refractivity contribution >= 4 is 10.0 Å². The summed E-state index contributed by atoms with van der Waals surface area (Å²) < 4.78 is 32.2. The van der Waals surface area contributed by atoms with Gasteiger partial charge in [0, 0.05) is 38.3 Å². The highest BCUT2D eigenvalue weighted by atomic mass is 32.2. The number of para-hydroxylation sites is 1. The zero-order chi connectivity index (χ0) is 18.7. The zero-order valence-corrected chi connectivity index (χ0v) is 15.9. The molecule has 0 saturated carbocycles. The van der Waals surface area contributed by atoms with Gasteiger partial charge in [0.2, 0.25) is 10.0 Å². The molecular formula is C19H24N2O4S. The van der Waals surface area contributed by atoms with E-state index < -0.39 is 10.0 Å². The first-order chi connectivity index (χ1) is 12.4. The summed E-state index contributed by atoms with van der Waals surface area (Å²) in [6, 6.07) is 12.4. The fourth-order valence-electron chi connectivity index (χ4n) is 3.09. The molecule has 1 aliphatic rings. The molecule has 1 aliphatic heterocycles. The van der Waals surface area contributed by atoms with Gasteiger partial charge in [-0.05, 0) is 25.1 Å². The van der Waals surface area contributed by atoms with Crippen molar-refractivity contribution < 1.29 is 18.3 Å². The lowest BCUT2D eigenvalue weighted by molar-refractivity contribution is 0.180. The smallest absolute Gasteiger partial charge is 0.243 e. The summed E-state index contributed by atoms with van der Waals surface area (Å²) in [6.07, 6.45) is 0. The van der Waals surface area contributed by atoms with E-state index in [0.717, 1.165) is 11.1 Å². The van der Waals surface area contributed by atoms with Crippen molar-refractivity contribution in [2.75, 3.05) is 33.3 Å². The number of benzene rings is 2. The summed E-state index contributed by atoms with van der Waals surface area (Å²) in [5.74, 6) is 0.591. The number of methoxy groups -OCH3 is 1. The highest BCUT2D eigenvalue weighted by molar-refractivity contribution is 7.89. The van der Waals surface area contributed by atoms with Gasteiger partial charge in [-0.2, -0.15) is 4.31 Å². The third-order valence-corrected chi connectivity index (χ3v) is 6.60. The van der Waals surface area contributed by atoms with Gasteiger partial charge in [-0.15, -0.1) is 0 Å². The monoisotopic (exact) mass is 376 g/mol. The first kappa shape index (κ1) is 18.7. The number of aryl methyl sites for hydroxylation is 1. The number of sulfonamides is 1. The SMILES string of the molecule is COc1cccc(CN2CCN(S(=O)(=O)c3ccc(C)cc3)CC2)c1O. The number of rotatable bonds is 5. The molecule has 0 aromatic heterocycles. The zero-order valence-electron chi connectivity index (χ0n) is 15.1. The number of hydrogen-bond acceptors (Lipinski definition) is 5. The van der Waals surface area contributed by atoms with Crippen LogP contribution in [0, 0.1) is 6.92 Å². The summed E-state index contributed by atoms with van der Waals surface area (Å²) in [5.41, 5.74) is 1.81. The molecule has 140 valence electrons. The number of ether oxygens (including phenoxy) is 1. The van der Waals surface area contributed by atoms with Gasteiger partial charge in [-0.3, -0.25) is 4.90 Å². The van der Waals surface area contributed by atoms with E-state index in [-0.39, 0.29) is 5.75 Å². The Balaban J connectivity index is 1.65. The maximum absolute atomic E-state index is 12.8. The van der Waals surface area contributed by atoms with Crippen LogP contribution in [0.4, 0.5) is 0 Å². The standard InChI is InChI=1S/C19H24N2O4S/c1-15-6-8-17(9-7-15)26(23,24)21-12-10-20(11-13-21)14-16-4-3-5-18(25-2)19(16)22/h3-9,22H,10-14H2,1-2H3. The Kier molecular flexibility index (Phi) is 5.50. The van der Waals surface area contributed by atoms with Crippen molar-refractivity contribution in [2.24, 2.45) is 0 Å². The Morgan fingerprint density at radius 2 is 1.69 bits per heavy atom. The molecular weight excluding hydrogens is 352 g/mol. The molecule has 1 heterocycles. The summed E-state index contributed by atoms with van der Waals surface area (Å²) in [5, 5.41) is 10.2. The molecule has 0 bridgehead atoms. The lowest BCUT2D eigenvalue weighted by Crippen LogP contribution is -2.48. The van der Waals surface area contributed by atoms with Crippen molar-refractivity contribution in [3.8, 4) is 11.5 Å². The minimum atomic E-state index is -3.46. The third-order valence-electron chi connectivity index (χ3n) is 4.69. The van der Waals surface area contributed by atoms with Crippen LogP contribution in [0.1, 0.15) is 11.1 Å². The number of phenolic OH excluding ortho intramolecular Hbond substituents is 1. The molecule has 0 amide bonds. The van der Waals surface area contributed by atoms with Gasteiger partial charge >= 0.3 is 0 Å². The summed E-state index contributed by atoms with van der Waals surface area (Å²) in [6.45, 7) is 4.58. The van der Waals surface area contributed by atoms with Crippen LogP contribution >= 0.6 is 0 Å².